The molecule has 2 aromatic carbocycles. The average Bonchev–Trinajstić information content (AvgIpc) is 2.69. The molecule has 0 N–H and O–H groups in total. The first kappa shape index (κ1) is 19.7. The van der Waals surface area contributed by atoms with Crippen molar-refractivity contribution in [1.29, 1.82) is 0 Å². The van der Waals surface area contributed by atoms with Crippen LogP contribution in [0.4, 0.5) is 17.6 Å². The van der Waals surface area contributed by atoms with Gasteiger partial charge in [-0.15, -0.1) is 0 Å². The minimum atomic E-state index is -1.86. The van der Waals surface area contributed by atoms with Crippen LogP contribution >= 0.6 is 0 Å². The highest BCUT2D eigenvalue weighted by atomic mass is 19.2. The number of benzene rings is 2. The topological polar surface area (TPSA) is 9.23 Å². The van der Waals surface area contributed by atoms with E-state index in [0.29, 0.717) is 12.0 Å². The third-order valence-electron chi connectivity index (χ3n) is 5.46. The van der Waals surface area contributed by atoms with Crippen molar-refractivity contribution in [2.24, 2.45) is 5.92 Å². The van der Waals surface area contributed by atoms with Crippen molar-refractivity contribution in [2.45, 2.75) is 58.0 Å². The van der Waals surface area contributed by atoms with Crippen molar-refractivity contribution in [3.63, 3.8) is 0 Å². The van der Waals surface area contributed by atoms with Crippen LogP contribution in [0.2, 0.25) is 0 Å². The van der Waals surface area contributed by atoms with Crippen molar-refractivity contribution in [3.8, 4) is 5.75 Å². The number of hydrogen-bond acceptors (Lipinski definition) is 1. The molecule has 1 fully saturated rings. The van der Waals surface area contributed by atoms with Gasteiger partial charge in [-0.2, -0.15) is 4.39 Å². The summed E-state index contributed by atoms with van der Waals surface area (Å²) in [5.74, 6) is -5.91. The molecular formula is C22H24F4O. The van der Waals surface area contributed by atoms with Crippen LogP contribution in [0.25, 0.3) is 0 Å². The fourth-order valence-electron chi connectivity index (χ4n) is 3.90. The molecule has 0 saturated heterocycles. The fourth-order valence-corrected chi connectivity index (χ4v) is 3.90. The molecule has 0 aromatic heterocycles. The van der Waals surface area contributed by atoms with E-state index in [0.717, 1.165) is 11.5 Å². The van der Waals surface area contributed by atoms with Crippen LogP contribution in [0.3, 0.4) is 0 Å². The van der Waals surface area contributed by atoms with Crippen molar-refractivity contribution < 1.29 is 22.3 Å². The number of halogens is 4. The lowest BCUT2D eigenvalue weighted by atomic mass is 9.77. The third kappa shape index (κ3) is 4.63. The highest BCUT2D eigenvalue weighted by molar-refractivity contribution is 5.29. The van der Waals surface area contributed by atoms with Gasteiger partial charge in [0.05, 0.1) is 0 Å². The zero-order chi connectivity index (χ0) is 19.4. The molecule has 1 aliphatic rings. The first-order chi connectivity index (χ1) is 13.0. The van der Waals surface area contributed by atoms with E-state index in [9.17, 15) is 17.6 Å². The maximum Gasteiger partial charge on any atom is 0.203 e. The van der Waals surface area contributed by atoms with Gasteiger partial charge in [0.25, 0.3) is 0 Å². The van der Waals surface area contributed by atoms with Crippen LogP contribution < -0.4 is 4.74 Å². The highest BCUT2D eigenvalue weighted by Crippen LogP contribution is 2.37. The Labute approximate surface area is 157 Å². The Balaban J connectivity index is 1.59. The van der Waals surface area contributed by atoms with Gasteiger partial charge in [0.1, 0.15) is 6.61 Å². The van der Waals surface area contributed by atoms with Crippen LogP contribution in [0.5, 0.6) is 5.75 Å². The SMILES string of the molecule is CCCC1CCC(c2ccc(COc3cc(F)c(F)c(F)c3F)cc2)CC1. The summed E-state index contributed by atoms with van der Waals surface area (Å²) in [4.78, 5) is 0. The van der Waals surface area contributed by atoms with E-state index in [1.165, 1.54) is 44.1 Å². The lowest BCUT2D eigenvalue weighted by Crippen LogP contribution is -2.13. The molecule has 0 spiro atoms. The van der Waals surface area contributed by atoms with Crippen molar-refractivity contribution >= 4 is 0 Å². The molecule has 27 heavy (non-hydrogen) atoms. The van der Waals surface area contributed by atoms with Gasteiger partial charge in [-0.1, -0.05) is 44.0 Å². The van der Waals surface area contributed by atoms with Gasteiger partial charge in [0.15, 0.2) is 17.4 Å². The molecule has 2 aromatic rings. The molecule has 0 aliphatic heterocycles. The summed E-state index contributed by atoms with van der Waals surface area (Å²) in [6.45, 7) is 2.18. The Bertz CT molecular complexity index is 765. The quantitative estimate of drug-likeness (QED) is 0.301. The van der Waals surface area contributed by atoms with E-state index in [4.69, 9.17) is 4.74 Å². The number of hydrogen-bond donors (Lipinski definition) is 0. The van der Waals surface area contributed by atoms with Gasteiger partial charge in [-0.3, -0.25) is 0 Å². The molecule has 0 bridgehead atoms. The summed E-state index contributed by atoms with van der Waals surface area (Å²) in [7, 11) is 0. The molecule has 146 valence electrons. The zero-order valence-electron chi connectivity index (χ0n) is 15.4. The van der Waals surface area contributed by atoms with E-state index in [1.54, 1.807) is 0 Å². The van der Waals surface area contributed by atoms with Crippen LogP contribution in [0.15, 0.2) is 30.3 Å². The molecule has 5 heteroatoms. The van der Waals surface area contributed by atoms with E-state index in [-0.39, 0.29) is 6.61 Å². The molecular weight excluding hydrogens is 356 g/mol. The number of rotatable bonds is 6. The minimum absolute atomic E-state index is 0.0506. The maximum atomic E-state index is 13.6. The van der Waals surface area contributed by atoms with Crippen LogP contribution in [-0.4, -0.2) is 0 Å². The third-order valence-corrected chi connectivity index (χ3v) is 5.46. The number of ether oxygens (including phenoxy) is 1. The molecule has 1 saturated carbocycles. The molecule has 0 unspecified atom stereocenters. The summed E-state index contributed by atoms with van der Waals surface area (Å²) in [5.41, 5.74) is 2.03. The standard InChI is InChI=1S/C22H24F4O/c1-2-3-14-4-8-16(9-5-14)17-10-6-15(7-11-17)13-27-19-12-18(23)20(24)22(26)21(19)25/h6-7,10-12,14,16H,2-5,8-9,13H2,1H3. The molecule has 1 nitrogen and oxygen atoms in total. The van der Waals surface area contributed by atoms with Gasteiger partial charge >= 0.3 is 0 Å². The fraction of sp³-hybridized carbons (Fsp3) is 0.455. The minimum Gasteiger partial charge on any atom is -0.486 e. The summed E-state index contributed by atoms with van der Waals surface area (Å²) in [5, 5.41) is 0. The lowest BCUT2D eigenvalue weighted by Gasteiger charge is -2.28. The lowest BCUT2D eigenvalue weighted by molar-refractivity contribution is 0.276. The molecule has 0 amide bonds. The first-order valence-corrected chi connectivity index (χ1v) is 9.54. The van der Waals surface area contributed by atoms with E-state index >= 15 is 0 Å². The Kier molecular flexibility index (Phi) is 6.40. The summed E-state index contributed by atoms with van der Waals surface area (Å²) in [6.07, 6.45) is 7.48. The van der Waals surface area contributed by atoms with Gasteiger partial charge in [-0.05, 0) is 48.6 Å². The summed E-state index contributed by atoms with van der Waals surface area (Å²) < 4.78 is 58.2. The van der Waals surface area contributed by atoms with E-state index in [1.807, 2.05) is 24.3 Å². The van der Waals surface area contributed by atoms with Crippen LogP contribution in [-0.2, 0) is 6.61 Å². The van der Waals surface area contributed by atoms with Crippen molar-refractivity contribution in [1.82, 2.24) is 0 Å². The second kappa shape index (κ2) is 8.77. The Morgan fingerprint density at radius 1 is 0.889 bits per heavy atom. The summed E-state index contributed by atoms with van der Waals surface area (Å²) in [6, 6.07) is 8.34. The molecule has 0 radical (unpaired) electrons. The van der Waals surface area contributed by atoms with Gasteiger partial charge in [0.2, 0.25) is 11.6 Å². The highest BCUT2D eigenvalue weighted by Gasteiger charge is 2.22. The van der Waals surface area contributed by atoms with Gasteiger partial charge in [0, 0.05) is 6.07 Å². The van der Waals surface area contributed by atoms with Gasteiger partial charge in [-0.25, -0.2) is 13.2 Å². The smallest absolute Gasteiger partial charge is 0.203 e. The van der Waals surface area contributed by atoms with Crippen LogP contribution in [0.1, 0.15) is 62.5 Å². The second-order valence-electron chi connectivity index (χ2n) is 7.34. The van der Waals surface area contributed by atoms with Crippen LogP contribution in [0, 0.1) is 29.2 Å². The van der Waals surface area contributed by atoms with E-state index < -0.39 is 29.0 Å². The van der Waals surface area contributed by atoms with E-state index in [2.05, 4.69) is 6.92 Å². The Hall–Kier alpha value is -2.04. The largest absolute Gasteiger partial charge is 0.486 e. The molecule has 0 atom stereocenters. The maximum absolute atomic E-state index is 13.6. The molecule has 0 heterocycles. The zero-order valence-corrected chi connectivity index (χ0v) is 15.4. The summed E-state index contributed by atoms with van der Waals surface area (Å²) >= 11 is 0. The van der Waals surface area contributed by atoms with Crippen molar-refractivity contribution in [3.05, 3.63) is 64.7 Å². The van der Waals surface area contributed by atoms with Gasteiger partial charge < -0.3 is 4.74 Å². The Morgan fingerprint density at radius 2 is 1.56 bits per heavy atom. The predicted octanol–water partition coefficient (Wildman–Crippen LogP) is 6.90. The normalized spacial score (nSPS) is 19.9. The molecule has 1 aliphatic carbocycles. The first-order valence-electron chi connectivity index (χ1n) is 9.54. The Morgan fingerprint density at radius 3 is 2.19 bits per heavy atom. The predicted molar refractivity (Wildman–Crippen MR) is 96.7 cm³/mol. The average molecular weight is 380 g/mol. The second-order valence-corrected chi connectivity index (χ2v) is 7.34. The van der Waals surface area contributed by atoms with Crippen molar-refractivity contribution in [2.75, 3.05) is 0 Å². The molecule has 3 rings (SSSR count). The monoisotopic (exact) mass is 380 g/mol.